The average Bonchev–Trinajstić information content (AvgIpc) is 2.72. The van der Waals surface area contributed by atoms with Crippen molar-refractivity contribution in [1.29, 1.82) is 0 Å². The van der Waals surface area contributed by atoms with Crippen LogP contribution in [0, 0.1) is 10.1 Å². The molecule has 0 radical (unpaired) electrons. The van der Waals surface area contributed by atoms with Crippen molar-refractivity contribution in [3.63, 3.8) is 0 Å². The van der Waals surface area contributed by atoms with Gasteiger partial charge in [-0.15, -0.1) is 0 Å². The highest BCUT2D eigenvalue weighted by Crippen LogP contribution is 2.27. The molecule has 0 saturated heterocycles. The van der Waals surface area contributed by atoms with E-state index < -0.39 is 10.8 Å². The van der Waals surface area contributed by atoms with E-state index in [0.29, 0.717) is 13.0 Å². The fraction of sp³-hybridized carbons (Fsp3) is 0.136. The van der Waals surface area contributed by atoms with Gasteiger partial charge in [0.1, 0.15) is 5.56 Å². The minimum atomic E-state index is -0.536. The predicted octanol–water partition coefficient (Wildman–Crippen LogP) is 4.55. The van der Waals surface area contributed by atoms with E-state index in [-0.39, 0.29) is 17.2 Å². The summed E-state index contributed by atoms with van der Waals surface area (Å²) in [6.45, 7) is 0.416. The molecule has 0 heterocycles. The van der Waals surface area contributed by atoms with Gasteiger partial charge in [-0.05, 0) is 23.6 Å². The zero-order chi connectivity index (χ0) is 19.1. The number of carbonyl (C=O) groups excluding carboxylic acids is 1. The molecule has 3 aromatic rings. The molecule has 0 fully saturated rings. The highest BCUT2D eigenvalue weighted by molar-refractivity contribution is 5.98. The minimum absolute atomic E-state index is 0.0819. The Kier molecular flexibility index (Phi) is 5.94. The van der Waals surface area contributed by atoms with Crippen LogP contribution in [0.15, 0.2) is 84.9 Å². The zero-order valence-corrected chi connectivity index (χ0v) is 14.7. The van der Waals surface area contributed by atoms with Gasteiger partial charge >= 0.3 is 0 Å². The van der Waals surface area contributed by atoms with Crippen molar-refractivity contribution in [3.05, 3.63) is 112 Å². The Morgan fingerprint density at radius 1 is 0.852 bits per heavy atom. The van der Waals surface area contributed by atoms with Gasteiger partial charge in [-0.1, -0.05) is 72.8 Å². The number of hydrogen-bond acceptors (Lipinski definition) is 3. The quantitative estimate of drug-likeness (QED) is 0.496. The van der Waals surface area contributed by atoms with Crippen LogP contribution >= 0.6 is 0 Å². The van der Waals surface area contributed by atoms with E-state index in [2.05, 4.69) is 29.6 Å². The summed E-state index contributed by atoms with van der Waals surface area (Å²) < 4.78 is 0. The summed E-state index contributed by atoms with van der Waals surface area (Å²) in [7, 11) is 0. The van der Waals surface area contributed by atoms with E-state index >= 15 is 0 Å². The van der Waals surface area contributed by atoms with Crippen LogP contribution in [0.2, 0.25) is 0 Å². The van der Waals surface area contributed by atoms with Crippen LogP contribution in [0.5, 0.6) is 0 Å². The van der Waals surface area contributed by atoms with Gasteiger partial charge in [0.25, 0.3) is 11.6 Å². The van der Waals surface area contributed by atoms with Gasteiger partial charge in [0, 0.05) is 18.5 Å². The second-order valence-electron chi connectivity index (χ2n) is 6.19. The second-order valence-corrected chi connectivity index (χ2v) is 6.19. The molecule has 5 nitrogen and oxygen atoms in total. The monoisotopic (exact) mass is 360 g/mol. The van der Waals surface area contributed by atoms with Gasteiger partial charge in [-0.2, -0.15) is 0 Å². The van der Waals surface area contributed by atoms with Crippen LogP contribution in [-0.2, 0) is 0 Å². The van der Waals surface area contributed by atoms with Crippen molar-refractivity contribution in [1.82, 2.24) is 5.32 Å². The number of benzene rings is 3. The van der Waals surface area contributed by atoms with Crippen molar-refractivity contribution in [3.8, 4) is 0 Å². The van der Waals surface area contributed by atoms with Gasteiger partial charge in [-0.3, -0.25) is 14.9 Å². The first-order valence-corrected chi connectivity index (χ1v) is 8.78. The molecule has 0 aliphatic heterocycles. The number of nitro benzene ring substituents is 1. The Labute approximate surface area is 157 Å². The standard InChI is InChI=1S/C22H20N2O3/c25-22(20-13-7-8-14-21(20)24(26)27)23-16-15-19(17-9-3-1-4-10-17)18-11-5-2-6-12-18/h1-14,19H,15-16H2,(H,23,25). The molecule has 1 N–H and O–H groups in total. The number of para-hydroxylation sites is 1. The van der Waals surface area contributed by atoms with Crippen LogP contribution < -0.4 is 5.32 Å². The molecule has 0 aliphatic rings. The van der Waals surface area contributed by atoms with Crippen LogP contribution in [0.4, 0.5) is 5.69 Å². The van der Waals surface area contributed by atoms with Crippen molar-refractivity contribution in [2.75, 3.05) is 6.54 Å². The van der Waals surface area contributed by atoms with Gasteiger partial charge in [0.2, 0.25) is 0 Å². The van der Waals surface area contributed by atoms with Crippen molar-refractivity contribution < 1.29 is 9.72 Å². The number of nitrogens with zero attached hydrogens (tertiary/aromatic N) is 1. The Morgan fingerprint density at radius 3 is 1.93 bits per heavy atom. The van der Waals surface area contributed by atoms with Crippen LogP contribution in [0.25, 0.3) is 0 Å². The first-order chi connectivity index (χ1) is 13.2. The van der Waals surface area contributed by atoms with Gasteiger partial charge in [-0.25, -0.2) is 0 Å². The lowest BCUT2D eigenvalue weighted by molar-refractivity contribution is -0.385. The van der Waals surface area contributed by atoms with Gasteiger partial charge in [0.05, 0.1) is 4.92 Å². The first-order valence-electron chi connectivity index (χ1n) is 8.78. The van der Waals surface area contributed by atoms with Crippen molar-refractivity contribution >= 4 is 11.6 Å². The molecule has 1 amide bonds. The maximum Gasteiger partial charge on any atom is 0.282 e. The fourth-order valence-corrected chi connectivity index (χ4v) is 3.15. The Hall–Kier alpha value is -3.47. The normalized spacial score (nSPS) is 10.6. The topological polar surface area (TPSA) is 72.2 Å². The van der Waals surface area contributed by atoms with Crippen LogP contribution in [-0.4, -0.2) is 17.4 Å². The summed E-state index contributed by atoms with van der Waals surface area (Å²) in [5.74, 6) is -0.291. The summed E-state index contributed by atoms with van der Waals surface area (Å²) in [5, 5.41) is 13.9. The smallest absolute Gasteiger partial charge is 0.282 e. The summed E-state index contributed by atoms with van der Waals surface area (Å²) in [4.78, 5) is 23.0. The van der Waals surface area contributed by atoms with Gasteiger partial charge in [0.15, 0.2) is 0 Å². The van der Waals surface area contributed by atoms with E-state index in [9.17, 15) is 14.9 Å². The summed E-state index contributed by atoms with van der Waals surface area (Å²) in [6.07, 6.45) is 0.695. The van der Waals surface area contributed by atoms with Crippen LogP contribution in [0.1, 0.15) is 33.8 Å². The van der Waals surface area contributed by atoms with E-state index in [0.717, 1.165) is 0 Å². The number of nitrogens with one attached hydrogen (secondary N) is 1. The van der Waals surface area contributed by atoms with Crippen LogP contribution in [0.3, 0.4) is 0 Å². The number of rotatable bonds is 7. The lowest BCUT2D eigenvalue weighted by atomic mass is 9.88. The molecule has 0 atom stereocenters. The summed E-state index contributed by atoms with van der Waals surface area (Å²) in [6, 6.07) is 26.2. The molecule has 0 aliphatic carbocycles. The Morgan fingerprint density at radius 2 is 1.37 bits per heavy atom. The van der Waals surface area contributed by atoms with Crippen molar-refractivity contribution in [2.45, 2.75) is 12.3 Å². The minimum Gasteiger partial charge on any atom is -0.352 e. The van der Waals surface area contributed by atoms with Crippen molar-refractivity contribution in [2.24, 2.45) is 0 Å². The number of nitro groups is 1. The molecule has 3 aromatic carbocycles. The first kappa shape index (κ1) is 18.3. The lowest BCUT2D eigenvalue weighted by Gasteiger charge is -2.18. The van der Waals surface area contributed by atoms with E-state index in [1.165, 1.54) is 23.3 Å². The third-order valence-corrected chi connectivity index (χ3v) is 4.47. The number of amides is 1. The summed E-state index contributed by atoms with van der Waals surface area (Å²) in [5.41, 5.74) is 2.24. The number of carbonyl (C=O) groups is 1. The zero-order valence-electron chi connectivity index (χ0n) is 14.7. The maximum atomic E-state index is 12.4. The maximum absolute atomic E-state index is 12.4. The van der Waals surface area contributed by atoms with E-state index in [4.69, 9.17) is 0 Å². The molecule has 0 unspecified atom stereocenters. The molecular weight excluding hydrogens is 340 g/mol. The molecule has 0 saturated carbocycles. The van der Waals surface area contributed by atoms with E-state index in [1.807, 2.05) is 36.4 Å². The highest BCUT2D eigenvalue weighted by Gasteiger charge is 2.20. The predicted molar refractivity (Wildman–Crippen MR) is 105 cm³/mol. The fourth-order valence-electron chi connectivity index (χ4n) is 3.15. The molecule has 0 spiro atoms. The average molecular weight is 360 g/mol. The second kappa shape index (κ2) is 8.76. The van der Waals surface area contributed by atoms with Gasteiger partial charge < -0.3 is 5.32 Å². The molecular formula is C22H20N2O3. The third-order valence-electron chi connectivity index (χ3n) is 4.47. The lowest BCUT2D eigenvalue weighted by Crippen LogP contribution is -2.26. The molecule has 27 heavy (non-hydrogen) atoms. The SMILES string of the molecule is O=C(NCCC(c1ccccc1)c1ccccc1)c1ccccc1[N+](=O)[O-]. The number of hydrogen-bond donors (Lipinski definition) is 1. The molecule has 136 valence electrons. The molecule has 0 bridgehead atoms. The summed E-state index contributed by atoms with van der Waals surface area (Å²) >= 11 is 0. The largest absolute Gasteiger partial charge is 0.352 e. The molecule has 0 aromatic heterocycles. The van der Waals surface area contributed by atoms with E-state index in [1.54, 1.807) is 12.1 Å². The molecule has 3 rings (SSSR count). The molecule has 5 heteroatoms. The Bertz CT molecular complexity index is 872. The highest BCUT2D eigenvalue weighted by atomic mass is 16.6. The Balaban J connectivity index is 1.72. The third kappa shape index (κ3) is 4.58.